The molecule has 1 aromatic rings. The van der Waals surface area contributed by atoms with Gasteiger partial charge in [-0.15, -0.1) is 0 Å². The summed E-state index contributed by atoms with van der Waals surface area (Å²) >= 11 is 0. The van der Waals surface area contributed by atoms with Crippen molar-refractivity contribution < 1.29 is 9.53 Å². The minimum atomic E-state index is -0.0595. The summed E-state index contributed by atoms with van der Waals surface area (Å²) in [6, 6.07) is 9.35. The highest BCUT2D eigenvalue weighted by Crippen LogP contribution is 2.07. The van der Waals surface area contributed by atoms with E-state index in [-0.39, 0.29) is 12.5 Å². The molecule has 1 aromatic carbocycles. The van der Waals surface area contributed by atoms with E-state index in [1.807, 2.05) is 30.3 Å². The van der Waals surface area contributed by atoms with Crippen LogP contribution in [0.1, 0.15) is 0 Å². The lowest BCUT2D eigenvalue weighted by atomic mass is 10.0. The molecule has 16 heavy (non-hydrogen) atoms. The smallest absolute Gasteiger partial charge is 0.257 e. The van der Waals surface area contributed by atoms with Crippen LogP contribution in [0, 0.1) is 5.92 Å². The summed E-state index contributed by atoms with van der Waals surface area (Å²) in [7, 11) is 0. The number of carbonyl (C=O) groups excluding carboxylic acids is 1. The summed E-state index contributed by atoms with van der Waals surface area (Å²) in [5.41, 5.74) is 0. The van der Waals surface area contributed by atoms with Gasteiger partial charge in [0.15, 0.2) is 6.61 Å². The molecule has 0 saturated carbocycles. The van der Waals surface area contributed by atoms with E-state index in [4.69, 9.17) is 4.74 Å². The second-order valence-electron chi connectivity index (χ2n) is 3.93. The van der Waals surface area contributed by atoms with E-state index in [0.29, 0.717) is 5.92 Å². The van der Waals surface area contributed by atoms with E-state index in [0.717, 1.165) is 25.4 Å². The third-order valence-electron chi connectivity index (χ3n) is 2.57. The van der Waals surface area contributed by atoms with Crippen LogP contribution in [0.3, 0.4) is 0 Å². The topological polar surface area (TPSA) is 50.4 Å². The van der Waals surface area contributed by atoms with Gasteiger partial charge in [0.1, 0.15) is 5.75 Å². The second-order valence-corrected chi connectivity index (χ2v) is 3.93. The Balaban J connectivity index is 1.63. The van der Waals surface area contributed by atoms with Crippen molar-refractivity contribution in [1.82, 2.24) is 10.6 Å². The highest BCUT2D eigenvalue weighted by atomic mass is 16.5. The molecule has 4 heteroatoms. The van der Waals surface area contributed by atoms with Crippen LogP contribution in [0.2, 0.25) is 0 Å². The van der Waals surface area contributed by atoms with Gasteiger partial charge in [-0.2, -0.15) is 0 Å². The predicted molar refractivity (Wildman–Crippen MR) is 61.3 cm³/mol. The average Bonchev–Trinajstić information content (AvgIpc) is 2.26. The lowest BCUT2D eigenvalue weighted by Gasteiger charge is -2.27. The summed E-state index contributed by atoms with van der Waals surface area (Å²) in [6.45, 7) is 2.83. The van der Waals surface area contributed by atoms with Crippen LogP contribution in [0.25, 0.3) is 0 Å². The van der Waals surface area contributed by atoms with Crippen LogP contribution in [-0.4, -0.2) is 32.1 Å². The summed E-state index contributed by atoms with van der Waals surface area (Å²) in [5, 5.41) is 6.01. The van der Waals surface area contributed by atoms with Crippen LogP contribution in [0.5, 0.6) is 5.75 Å². The molecule has 2 rings (SSSR count). The molecule has 0 aliphatic carbocycles. The minimum Gasteiger partial charge on any atom is -0.484 e. The summed E-state index contributed by atoms with van der Waals surface area (Å²) in [6.07, 6.45) is 0. The lowest BCUT2D eigenvalue weighted by molar-refractivity contribution is -0.123. The molecule has 1 aliphatic heterocycles. The Bertz CT molecular complexity index is 336. The molecule has 0 bridgehead atoms. The Labute approximate surface area is 95.0 Å². The van der Waals surface area contributed by atoms with Gasteiger partial charge in [-0.3, -0.25) is 4.79 Å². The fourth-order valence-corrected chi connectivity index (χ4v) is 1.47. The molecule has 0 spiro atoms. The zero-order valence-corrected chi connectivity index (χ0v) is 9.11. The van der Waals surface area contributed by atoms with Gasteiger partial charge in [0.25, 0.3) is 5.91 Å². The highest BCUT2D eigenvalue weighted by Gasteiger charge is 2.16. The molecular formula is C12H16N2O2. The van der Waals surface area contributed by atoms with E-state index in [2.05, 4.69) is 10.6 Å². The number of amides is 1. The molecule has 1 amide bonds. The Morgan fingerprint density at radius 1 is 1.38 bits per heavy atom. The van der Waals surface area contributed by atoms with Crippen molar-refractivity contribution in [2.75, 3.05) is 26.2 Å². The summed E-state index contributed by atoms with van der Waals surface area (Å²) in [4.78, 5) is 11.4. The first kappa shape index (κ1) is 11.0. The molecule has 1 heterocycles. The summed E-state index contributed by atoms with van der Waals surface area (Å²) < 4.78 is 5.32. The molecule has 0 unspecified atom stereocenters. The van der Waals surface area contributed by atoms with Crippen LogP contribution >= 0.6 is 0 Å². The van der Waals surface area contributed by atoms with Gasteiger partial charge in [-0.05, 0) is 12.1 Å². The number of hydrogen-bond donors (Lipinski definition) is 2. The lowest BCUT2D eigenvalue weighted by Crippen LogP contribution is -2.48. The van der Waals surface area contributed by atoms with Gasteiger partial charge in [-0.1, -0.05) is 18.2 Å². The fourth-order valence-electron chi connectivity index (χ4n) is 1.47. The Kier molecular flexibility index (Phi) is 3.77. The van der Waals surface area contributed by atoms with E-state index >= 15 is 0 Å². The van der Waals surface area contributed by atoms with Crippen molar-refractivity contribution in [3.05, 3.63) is 30.3 Å². The number of benzene rings is 1. The number of ether oxygens (including phenoxy) is 1. The number of hydrogen-bond acceptors (Lipinski definition) is 3. The highest BCUT2D eigenvalue weighted by molar-refractivity contribution is 5.77. The summed E-state index contributed by atoms with van der Waals surface area (Å²) in [5.74, 6) is 1.25. The molecular weight excluding hydrogens is 204 g/mol. The van der Waals surface area contributed by atoms with Gasteiger partial charge in [0.2, 0.25) is 0 Å². The molecule has 4 nitrogen and oxygen atoms in total. The Hall–Kier alpha value is -1.55. The maximum atomic E-state index is 11.4. The first-order valence-corrected chi connectivity index (χ1v) is 5.50. The van der Waals surface area contributed by atoms with Gasteiger partial charge < -0.3 is 15.4 Å². The second kappa shape index (κ2) is 5.51. The molecule has 1 saturated heterocycles. The monoisotopic (exact) mass is 220 g/mol. The number of nitrogens with one attached hydrogen (secondary N) is 2. The quantitative estimate of drug-likeness (QED) is 0.755. The van der Waals surface area contributed by atoms with Crippen LogP contribution < -0.4 is 15.4 Å². The fraction of sp³-hybridized carbons (Fsp3) is 0.417. The molecule has 86 valence electrons. The SMILES string of the molecule is O=C(COc1ccccc1)NCC1CNC1. The number of rotatable bonds is 5. The first-order chi connectivity index (χ1) is 7.84. The van der Waals surface area contributed by atoms with Gasteiger partial charge in [-0.25, -0.2) is 0 Å². The van der Waals surface area contributed by atoms with Crippen LogP contribution in [-0.2, 0) is 4.79 Å². The van der Waals surface area contributed by atoms with Crippen molar-refractivity contribution in [1.29, 1.82) is 0 Å². The molecule has 1 fully saturated rings. The van der Waals surface area contributed by atoms with Crippen molar-refractivity contribution in [3.8, 4) is 5.75 Å². The largest absolute Gasteiger partial charge is 0.484 e. The van der Waals surface area contributed by atoms with Gasteiger partial charge in [0, 0.05) is 25.6 Å². The number of carbonyl (C=O) groups is 1. The van der Waals surface area contributed by atoms with E-state index in [1.54, 1.807) is 0 Å². The average molecular weight is 220 g/mol. The Morgan fingerprint density at radius 3 is 2.75 bits per heavy atom. The van der Waals surface area contributed by atoms with Gasteiger partial charge >= 0.3 is 0 Å². The maximum Gasteiger partial charge on any atom is 0.257 e. The number of para-hydroxylation sites is 1. The van der Waals surface area contributed by atoms with Crippen LogP contribution in [0.15, 0.2) is 30.3 Å². The molecule has 0 atom stereocenters. The third-order valence-corrected chi connectivity index (χ3v) is 2.57. The molecule has 2 N–H and O–H groups in total. The zero-order valence-electron chi connectivity index (χ0n) is 9.11. The standard InChI is InChI=1S/C12H16N2O2/c15-12(14-8-10-6-13-7-10)9-16-11-4-2-1-3-5-11/h1-5,10,13H,6-9H2,(H,14,15). The molecule has 0 radical (unpaired) electrons. The van der Waals surface area contributed by atoms with Crippen molar-refractivity contribution >= 4 is 5.91 Å². The molecule has 0 aromatic heterocycles. The van der Waals surface area contributed by atoms with E-state index in [9.17, 15) is 4.79 Å². The Morgan fingerprint density at radius 2 is 2.12 bits per heavy atom. The van der Waals surface area contributed by atoms with Crippen molar-refractivity contribution in [2.24, 2.45) is 5.92 Å². The van der Waals surface area contributed by atoms with E-state index in [1.165, 1.54) is 0 Å². The maximum absolute atomic E-state index is 11.4. The van der Waals surface area contributed by atoms with Crippen LogP contribution in [0.4, 0.5) is 0 Å². The third kappa shape index (κ3) is 3.24. The van der Waals surface area contributed by atoms with Crippen molar-refractivity contribution in [2.45, 2.75) is 0 Å². The minimum absolute atomic E-state index is 0.0595. The molecule has 1 aliphatic rings. The zero-order chi connectivity index (χ0) is 11.2. The van der Waals surface area contributed by atoms with Crippen molar-refractivity contribution in [3.63, 3.8) is 0 Å². The van der Waals surface area contributed by atoms with Gasteiger partial charge in [0.05, 0.1) is 0 Å². The van der Waals surface area contributed by atoms with E-state index < -0.39 is 0 Å². The predicted octanol–water partition coefficient (Wildman–Crippen LogP) is 0.401. The first-order valence-electron chi connectivity index (χ1n) is 5.50. The normalized spacial score (nSPS) is 15.2.